The number of allylic oxidation sites excluding steroid dienone is 1. The lowest BCUT2D eigenvalue weighted by Crippen LogP contribution is -2.50. The van der Waals surface area contributed by atoms with E-state index >= 15 is 0 Å². The first-order valence-electron chi connectivity index (χ1n) is 7.59. The van der Waals surface area contributed by atoms with Gasteiger partial charge in [-0.15, -0.1) is 0 Å². The third-order valence-corrected chi connectivity index (χ3v) is 4.03. The number of benzene rings is 1. The highest BCUT2D eigenvalue weighted by atomic mass is 35.5. The molecule has 1 aromatic rings. The number of morpholine rings is 1. The van der Waals surface area contributed by atoms with Crippen molar-refractivity contribution in [1.82, 2.24) is 10.2 Å². The SMILES string of the molecule is C/C(=C\C(=O)N[C@@H](C)C(=O)N1CCOCC1)c1ccccc1Cl. The molecule has 1 aliphatic heterocycles. The fourth-order valence-electron chi connectivity index (χ4n) is 2.43. The zero-order valence-electron chi connectivity index (χ0n) is 13.3. The highest BCUT2D eigenvalue weighted by molar-refractivity contribution is 6.32. The second-order valence-corrected chi connectivity index (χ2v) is 5.88. The Morgan fingerprint density at radius 3 is 2.61 bits per heavy atom. The predicted molar refractivity (Wildman–Crippen MR) is 90.1 cm³/mol. The van der Waals surface area contributed by atoms with Gasteiger partial charge in [-0.05, 0) is 31.1 Å². The maximum absolute atomic E-state index is 12.3. The average molecular weight is 337 g/mol. The van der Waals surface area contributed by atoms with Crippen LogP contribution in [0, 0.1) is 0 Å². The Balaban J connectivity index is 1.96. The van der Waals surface area contributed by atoms with Crippen LogP contribution in [-0.4, -0.2) is 49.1 Å². The molecule has 1 N–H and O–H groups in total. The van der Waals surface area contributed by atoms with Crippen LogP contribution >= 0.6 is 11.6 Å². The van der Waals surface area contributed by atoms with Gasteiger partial charge in [-0.1, -0.05) is 29.8 Å². The number of hydrogen-bond acceptors (Lipinski definition) is 3. The molecule has 0 radical (unpaired) electrons. The average Bonchev–Trinajstić information content (AvgIpc) is 2.55. The molecular weight excluding hydrogens is 316 g/mol. The molecule has 1 aromatic carbocycles. The quantitative estimate of drug-likeness (QED) is 0.857. The summed E-state index contributed by atoms with van der Waals surface area (Å²) in [5.74, 6) is -0.401. The van der Waals surface area contributed by atoms with E-state index in [0.29, 0.717) is 31.3 Å². The summed E-state index contributed by atoms with van der Waals surface area (Å²) < 4.78 is 5.22. The highest BCUT2D eigenvalue weighted by Crippen LogP contribution is 2.22. The van der Waals surface area contributed by atoms with Crippen LogP contribution in [-0.2, 0) is 14.3 Å². The molecule has 6 heteroatoms. The molecule has 1 heterocycles. The van der Waals surface area contributed by atoms with Gasteiger partial charge in [-0.25, -0.2) is 0 Å². The summed E-state index contributed by atoms with van der Waals surface area (Å²) in [7, 11) is 0. The van der Waals surface area contributed by atoms with Gasteiger partial charge in [0.2, 0.25) is 11.8 Å². The molecule has 0 bridgehead atoms. The van der Waals surface area contributed by atoms with Crippen molar-refractivity contribution in [2.45, 2.75) is 19.9 Å². The number of carbonyl (C=O) groups excluding carboxylic acids is 2. The first-order valence-corrected chi connectivity index (χ1v) is 7.97. The van der Waals surface area contributed by atoms with Crippen molar-refractivity contribution in [1.29, 1.82) is 0 Å². The number of carbonyl (C=O) groups is 2. The lowest BCUT2D eigenvalue weighted by molar-refractivity contribution is -0.138. The van der Waals surface area contributed by atoms with Crippen LogP contribution in [0.25, 0.3) is 5.57 Å². The summed E-state index contributed by atoms with van der Waals surface area (Å²) in [5.41, 5.74) is 1.55. The van der Waals surface area contributed by atoms with Crippen LogP contribution in [0.15, 0.2) is 30.3 Å². The van der Waals surface area contributed by atoms with E-state index in [4.69, 9.17) is 16.3 Å². The number of amides is 2. The molecule has 2 amide bonds. The second kappa shape index (κ2) is 8.13. The Morgan fingerprint density at radius 2 is 1.96 bits per heavy atom. The van der Waals surface area contributed by atoms with E-state index in [9.17, 15) is 9.59 Å². The van der Waals surface area contributed by atoms with Crippen LogP contribution in [0.1, 0.15) is 19.4 Å². The minimum atomic E-state index is -0.573. The largest absolute Gasteiger partial charge is 0.378 e. The van der Waals surface area contributed by atoms with Gasteiger partial charge in [0, 0.05) is 24.2 Å². The number of hydrogen-bond donors (Lipinski definition) is 1. The Bertz CT molecular complexity index is 610. The van der Waals surface area contributed by atoms with Crippen molar-refractivity contribution in [2.75, 3.05) is 26.3 Å². The molecule has 1 aliphatic rings. The van der Waals surface area contributed by atoms with Crippen LogP contribution in [0.5, 0.6) is 0 Å². The van der Waals surface area contributed by atoms with Crippen molar-refractivity contribution in [3.8, 4) is 0 Å². The van der Waals surface area contributed by atoms with E-state index < -0.39 is 6.04 Å². The molecule has 1 fully saturated rings. The zero-order chi connectivity index (χ0) is 16.8. The monoisotopic (exact) mass is 336 g/mol. The van der Waals surface area contributed by atoms with E-state index in [1.54, 1.807) is 17.9 Å². The molecule has 1 saturated heterocycles. The Labute approximate surface area is 141 Å². The molecule has 5 nitrogen and oxygen atoms in total. The maximum atomic E-state index is 12.3. The van der Waals surface area contributed by atoms with Gasteiger partial charge < -0.3 is 15.0 Å². The van der Waals surface area contributed by atoms with Crippen LogP contribution < -0.4 is 5.32 Å². The summed E-state index contributed by atoms with van der Waals surface area (Å²) in [5, 5.41) is 3.30. The van der Waals surface area contributed by atoms with E-state index in [1.165, 1.54) is 6.08 Å². The Morgan fingerprint density at radius 1 is 1.30 bits per heavy atom. The molecule has 0 unspecified atom stereocenters. The number of nitrogens with zero attached hydrogens (tertiary/aromatic N) is 1. The number of rotatable bonds is 4. The van der Waals surface area contributed by atoms with E-state index in [-0.39, 0.29) is 11.8 Å². The van der Waals surface area contributed by atoms with Gasteiger partial charge in [-0.3, -0.25) is 9.59 Å². The number of ether oxygens (including phenoxy) is 1. The van der Waals surface area contributed by atoms with Gasteiger partial charge >= 0.3 is 0 Å². The lowest BCUT2D eigenvalue weighted by Gasteiger charge is -2.29. The van der Waals surface area contributed by atoms with E-state index in [0.717, 1.165) is 11.1 Å². The molecule has 0 aromatic heterocycles. The molecule has 2 rings (SSSR count). The summed E-state index contributed by atoms with van der Waals surface area (Å²) in [6.45, 7) is 5.71. The third-order valence-electron chi connectivity index (χ3n) is 3.70. The summed E-state index contributed by atoms with van der Waals surface area (Å²) in [6.07, 6.45) is 1.46. The summed E-state index contributed by atoms with van der Waals surface area (Å²) in [6, 6.07) is 6.75. The van der Waals surface area contributed by atoms with Gasteiger partial charge in [0.15, 0.2) is 0 Å². The van der Waals surface area contributed by atoms with Gasteiger partial charge in [0.1, 0.15) is 6.04 Å². The van der Waals surface area contributed by atoms with Gasteiger partial charge in [-0.2, -0.15) is 0 Å². The number of halogens is 1. The van der Waals surface area contributed by atoms with Crippen molar-refractivity contribution in [3.63, 3.8) is 0 Å². The fourth-order valence-corrected chi connectivity index (χ4v) is 2.71. The molecule has 124 valence electrons. The van der Waals surface area contributed by atoms with Crippen LogP contribution in [0.4, 0.5) is 0 Å². The third kappa shape index (κ3) is 4.81. The van der Waals surface area contributed by atoms with Crippen LogP contribution in [0.3, 0.4) is 0 Å². The van der Waals surface area contributed by atoms with Crippen molar-refractivity contribution < 1.29 is 14.3 Å². The van der Waals surface area contributed by atoms with Gasteiger partial charge in [0.25, 0.3) is 0 Å². The normalized spacial score (nSPS) is 16.8. The Hall–Kier alpha value is -1.85. The molecule has 1 atom stereocenters. The second-order valence-electron chi connectivity index (χ2n) is 5.48. The van der Waals surface area contributed by atoms with E-state index in [1.807, 2.05) is 25.1 Å². The van der Waals surface area contributed by atoms with Crippen molar-refractivity contribution in [3.05, 3.63) is 40.9 Å². The van der Waals surface area contributed by atoms with E-state index in [2.05, 4.69) is 5.32 Å². The lowest BCUT2D eigenvalue weighted by atomic mass is 10.1. The molecular formula is C17H21ClN2O3. The molecule has 0 saturated carbocycles. The topological polar surface area (TPSA) is 58.6 Å². The predicted octanol–water partition coefficient (Wildman–Crippen LogP) is 2.11. The smallest absolute Gasteiger partial charge is 0.245 e. The van der Waals surface area contributed by atoms with Gasteiger partial charge in [0.05, 0.1) is 13.2 Å². The summed E-state index contributed by atoms with van der Waals surface area (Å²) in [4.78, 5) is 26.1. The Kier molecular flexibility index (Phi) is 6.19. The fraction of sp³-hybridized carbons (Fsp3) is 0.412. The highest BCUT2D eigenvalue weighted by Gasteiger charge is 2.23. The van der Waals surface area contributed by atoms with Crippen LogP contribution in [0.2, 0.25) is 5.02 Å². The zero-order valence-corrected chi connectivity index (χ0v) is 14.1. The standard InChI is InChI=1S/C17H21ClN2O3/c1-12(14-5-3-4-6-15(14)18)11-16(21)19-13(2)17(22)20-7-9-23-10-8-20/h3-6,11,13H,7-10H2,1-2H3,(H,19,21)/b12-11+/t13-/m0/s1. The summed E-state index contributed by atoms with van der Waals surface area (Å²) >= 11 is 6.12. The molecule has 0 aliphatic carbocycles. The molecule has 23 heavy (non-hydrogen) atoms. The minimum absolute atomic E-state index is 0.0922. The van der Waals surface area contributed by atoms with Crippen molar-refractivity contribution in [2.24, 2.45) is 0 Å². The maximum Gasteiger partial charge on any atom is 0.245 e. The van der Waals surface area contributed by atoms with Crippen molar-refractivity contribution >= 4 is 29.0 Å². The minimum Gasteiger partial charge on any atom is -0.378 e. The molecule has 0 spiro atoms. The first-order chi connectivity index (χ1) is 11.0. The number of nitrogens with one attached hydrogen (secondary N) is 1. The first kappa shape index (κ1) is 17.5.